The molecule has 21 heavy (non-hydrogen) atoms. The fourth-order valence-electron chi connectivity index (χ4n) is 1.78. The summed E-state index contributed by atoms with van der Waals surface area (Å²) < 4.78 is 6.11. The highest BCUT2D eigenvalue weighted by Gasteiger charge is 2.37. The Hall–Kier alpha value is -2.02. The van der Waals surface area contributed by atoms with Crippen LogP contribution in [-0.2, 0) is 20.9 Å². The lowest BCUT2D eigenvalue weighted by Crippen LogP contribution is -2.39. The second-order valence-corrected chi connectivity index (χ2v) is 5.98. The van der Waals surface area contributed by atoms with Gasteiger partial charge in [-0.2, -0.15) is 0 Å². The van der Waals surface area contributed by atoms with E-state index in [0.717, 1.165) is 0 Å². The maximum Gasteiger partial charge on any atom is 0.319 e. The van der Waals surface area contributed by atoms with Gasteiger partial charge in [-0.25, -0.2) is 4.98 Å². The monoisotopic (exact) mass is 308 g/mol. The van der Waals surface area contributed by atoms with Crippen LogP contribution in [-0.4, -0.2) is 27.9 Å². The number of ketones is 1. The lowest BCUT2D eigenvalue weighted by Gasteiger charge is -2.21. The van der Waals surface area contributed by atoms with Crippen molar-refractivity contribution >= 4 is 33.3 Å². The predicted molar refractivity (Wildman–Crippen MR) is 79.3 cm³/mol. The van der Waals surface area contributed by atoms with Crippen LogP contribution >= 0.6 is 11.3 Å². The van der Waals surface area contributed by atoms with Gasteiger partial charge in [0.25, 0.3) is 5.56 Å². The minimum atomic E-state index is -1.29. The second kappa shape index (κ2) is 5.77. The van der Waals surface area contributed by atoms with E-state index in [1.165, 1.54) is 36.1 Å². The van der Waals surface area contributed by atoms with Crippen molar-refractivity contribution in [2.24, 2.45) is 5.41 Å². The number of Topliss-reactive ketones (excluding diaryl/α,β-unsaturated/α-hetero) is 1. The van der Waals surface area contributed by atoms with Gasteiger partial charge in [-0.05, 0) is 32.2 Å². The van der Waals surface area contributed by atoms with E-state index in [4.69, 9.17) is 4.74 Å². The molecule has 0 N–H and O–H groups in total. The molecule has 0 aliphatic carbocycles. The molecule has 0 aromatic carbocycles. The average molecular weight is 308 g/mol. The summed E-state index contributed by atoms with van der Waals surface area (Å²) in [5.74, 6) is -0.980. The molecule has 0 unspecified atom stereocenters. The van der Waals surface area contributed by atoms with Gasteiger partial charge in [0.15, 0.2) is 5.78 Å². The smallest absolute Gasteiger partial charge is 0.319 e. The Kier molecular flexibility index (Phi) is 4.22. The van der Waals surface area contributed by atoms with Crippen molar-refractivity contribution in [1.82, 2.24) is 9.55 Å². The van der Waals surface area contributed by atoms with Crippen molar-refractivity contribution in [3.63, 3.8) is 0 Å². The molecule has 112 valence electrons. The molecule has 2 heterocycles. The number of rotatable bonds is 5. The quantitative estimate of drug-likeness (QED) is 0.619. The highest BCUT2D eigenvalue weighted by molar-refractivity contribution is 7.16. The van der Waals surface area contributed by atoms with Gasteiger partial charge in [-0.15, -0.1) is 11.3 Å². The molecule has 6 nitrogen and oxygen atoms in total. The summed E-state index contributed by atoms with van der Waals surface area (Å²) in [6, 6.07) is 1.67. The highest BCUT2D eigenvalue weighted by Crippen LogP contribution is 2.20. The van der Waals surface area contributed by atoms with Gasteiger partial charge >= 0.3 is 5.97 Å². The standard InChI is InChI=1S/C14H16N2O4S/c1-4-20-13(19)14(2,3)10(17)7-16-8-15-11-9(12(16)18)5-6-21-11/h5-6,8H,4,7H2,1-3H3. The zero-order valence-electron chi connectivity index (χ0n) is 12.1. The molecule has 2 aromatic heterocycles. The van der Waals surface area contributed by atoms with Crippen LogP contribution in [0.25, 0.3) is 10.2 Å². The number of hydrogen-bond acceptors (Lipinski definition) is 6. The molecule has 0 amide bonds. The number of carbonyl (C=O) groups excluding carboxylic acids is 2. The Bertz CT molecular complexity index is 745. The maximum atomic E-state index is 12.3. The molecule has 0 aliphatic rings. The van der Waals surface area contributed by atoms with Gasteiger partial charge in [0.05, 0.1) is 24.9 Å². The lowest BCUT2D eigenvalue weighted by molar-refractivity contribution is -0.158. The summed E-state index contributed by atoms with van der Waals surface area (Å²) in [6.45, 7) is 4.67. The van der Waals surface area contributed by atoms with Crippen LogP contribution in [0.3, 0.4) is 0 Å². The van der Waals surface area contributed by atoms with Crippen LogP contribution in [0.1, 0.15) is 20.8 Å². The Balaban J connectivity index is 2.27. The molecule has 2 aromatic rings. The average Bonchev–Trinajstić information content (AvgIpc) is 2.91. The van der Waals surface area contributed by atoms with Gasteiger partial charge in [0.2, 0.25) is 0 Å². The van der Waals surface area contributed by atoms with E-state index >= 15 is 0 Å². The third kappa shape index (κ3) is 2.87. The molecular formula is C14H16N2O4S. The van der Waals surface area contributed by atoms with Crippen molar-refractivity contribution in [3.05, 3.63) is 28.1 Å². The van der Waals surface area contributed by atoms with E-state index in [-0.39, 0.29) is 24.5 Å². The number of fused-ring (bicyclic) bond motifs is 1. The summed E-state index contributed by atoms with van der Waals surface area (Å²) >= 11 is 1.36. The van der Waals surface area contributed by atoms with E-state index < -0.39 is 11.4 Å². The number of carbonyl (C=O) groups is 2. The van der Waals surface area contributed by atoms with Crippen molar-refractivity contribution in [1.29, 1.82) is 0 Å². The van der Waals surface area contributed by atoms with Gasteiger partial charge in [0.1, 0.15) is 10.2 Å². The van der Waals surface area contributed by atoms with Crippen LogP contribution in [0.15, 0.2) is 22.6 Å². The van der Waals surface area contributed by atoms with Crippen LogP contribution < -0.4 is 5.56 Å². The van der Waals surface area contributed by atoms with Gasteiger partial charge in [0, 0.05) is 0 Å². The first-order valence-corrected chi connectivity index (χ1v) is 7.39. The topological polar surface area (TPSA) is 78.3 Å². The molecule has 0 atom stereocenters. The SMILES string of the molecule is CCOC(=O)C(C)(C)C(=O)Cn1cnc2sccc2c1=O. The Morgan fingerprint density at radius 2 is 2.14 bits per heavy atom. The number of hydrogen-bond donors (Lipinski definition) is 0. The fourth-order valence-corrected chi connectivity index (χ4v) is 2.51. The van der Waals surface area contributed by atoms with Crippen molar-refractivity contribution in [3.8, 4) is 0 Å². The molecule has 2 rings (SSSR count). The summed E-state index contributed by atoms with van der Waals surface area (Å²) in [6.07, 6.45) is 1.33. The fraction of sp³-hybridized carbons (Fsp3) is 0.429. The normalized spacial score (nSPS) is 11.6. The number of ether oxygens (including phenoxy) is 1. The van der Waals surface area contributed by atoms with Crippen molar-refractivity contribution < 1.29 is 14.3 Å². The lowest BCUT2D eigenvalue weighted by atomic mass is 9.88. The van der Waals surface area contributed by atoms with E-state index in [2.05, 4.69) is 4.98 Å². The summed E-state index contributed by atoms with van der Waals surface area (Å²) in [5.41, 5.74) is -1.58. The largest absolute Gasteiger partial charge is 0.465 e. The molecule has 0 aliphatic heterocycles. The van der Waals surface area contributed by atoms with Crippen molar-refractivity contribution in [2.75, 3.05) is 6.61 Å². The van der Waals surface area contributed by atoms with Gasteiger partial charge < -0.3 is 4.74 Å². The molecular weight excluding hydrogens is 292 g/mol. The Morgan fingerprint density at radius 1 is 1.43 bits per heavy atom. The highest BCUT2D eigenvalue weighted by atomic mass is 32.1. The van der Waals surface area contributed by atoms with Crippen LogP contribution in [0.2, 0.25) is 0 Å². The first-order valence-electron chi connectivity index (χ1n) is 6.51. The Morgan fingerprint density at radius 3 is 2.81 bits per heavy atom. The van der Waals surface area contributed by atoms with Gasteiger partial charge in [-0.1, -0.05) is 0 Å². The summed E-state index contributed by atoms with van der Waals surface area (Å²) in [4.78, 5) is 41.1. The number of esters is 1. The summed E-state index contributed by atoms with van der Waals surface area (Å²) in [7, 11) is 0. The zero-order chi connectivity index (χ0) is 15.6. The summed E-state index contributed by atoms with van der Waals surface area (Å²) in [5, 5.41) is 2.25. The van der Waals surface area contributed by atoms with E-state index in [1.807, 2.05) is 0 Å². The zero-order valence-corrected chi connectivity index (χ0v) is 12.9. The number of nitrogens with zero attached hydrogens (tertiary/aromatic N) is 2. The third-order valence-corrected chi connectivity index (χ3v) is 4.07. The molecule has 7 heteroatoms. The third-order valence-electron chi connectivity index (χ3n) is 3.25. The Labute approximate surface area is 125 Å². The molecule has 0 saturated carbocycles. The molecule has 0 radical (unpaired) electrons. The predicted octanol–water partition coefficient (Wildman–Crippen LogP) is 1.62. The van der Waals surface area contributed by atoms with E-state index in [1.54, 1.807) is 18.4 Å². The van der Waals surface area contributed by atoms with Crippen LogP contribution in [0.5, 0.6) is 0 Å². The van der Waals surface area contributed by atoms with Gasteiger partial charge in [-0.3, -0.25) is 19.0 Å². The van der Waals surface area contributed by atoms with E-state index in [0.29, 0.717) is 10.2 Å². The first-order chi connectivity index (χ1) is 9.87. The van der Waals surface area contributed by atoms with E-state index in [9.17, 15) is 14.4 Å². The number of aromatic nitrogens is 2. The number of thiophene rings is 1. The maximum absolute atomic E-state index is 12.3. The van der Waals surface area contributed by atoms with Crippen molar-refractivity contribution in [2.45, 2.75) is 27.3 Å². The first kappa shape index (κ1) is 15.4. The van der Waals surface area contributed by atoms with Crippen LogP contribution in [0, 0.1) is 5.41 Å². The minimum Gasteiger partial charge on any atom is -0.465 e. The molecule has 0 fully saturated rings. The molecule has 0 bridgehead atoms. The second-order valence-electron chi connectivity index (χ2n) is 5.09. The minimum absolute atomic E-state index is 0.205. The molecule has 0 saturated heterocycles. The van der Waals surface area contributed by atoms with Crippen LogP contribution in [0.4, 0.5) is 0 Å². The molecule has 0 spiro atoms.